The van der Waals surface area contributed by atoms with E-state index in [-0.39, 0.29) is 5.54 Å². The Morgan fingerprint density at radius 2 is 2.14 bits per heavy atom. The van der Waals surface area contributed by atoms with Crippen LogP contribution in [-0.2, 0) is 12.1 Å². The Morgan fingerprint density at radius 3 is 2.86 bits per heavy atom. The Kier molecular flexibility index (Phi) is 4.03. The molecule has 21 heavy (non-hydrogen) atoms. The minimum absolute atomic E-state index is 0.0451. The molecule has 3 rings (SSSR count). The molecular weight excluding hydrogens is 264 g/mol. The fourth-order valence-corrected chi connectivity index (χ4v) is 2.99. The molecule has 0 bridgehead atoms. The van der Waals surface area contributed by atoms with E-state index in [1.807, 2.05) is 6.92 Å². The second-order valence-corrected chi connectivity index (χ2v) is 5.92. The zero-order chi connectivity index (χ0) is 14.7. The predicted octanol–water partition coefficient (Wildman–Crippen LogP) is 2.09. The molecular formula is C16H22N4O. The van der Waals surface area contributed by atoms with Gasteiger partial charge in [-0.25, -0.2) is 0 Å². The van der Waals surface area contributed by atoms with Gasteiger partial charge in [0.2, 0.25) is 5.89 Å². The number of nitrogens with one attached hydrogen (secondary N) is 1. The van der Waals surface area contributed by atoms with Gasteiger partial charge in [0.15, 0.2) is 5.82 Å². The van der Waals surface area contributed by atoms with E-state index in [0.29, 0.717) is 5.89 Å². The highest BCUT2D eigenvalue weighted by Gasteiger charge is 2.31. The third kappa shape index (κ3) is 3.31. The molecule has 112 valence electrons. The lowest BCUT2D eigenvalue weighted by atomic mass is 9.91. The van der Waals surface area contributed by atoms with Crippen LogP contribution < -0.4 is 5.32 Å². The van der Waals surface area contributed by atoms with Gasteiger partial charge in [-0.15, -0.1) is 0 Å². The molecule has 0 aliphatic carbocycles. The van der Waals surface area contributed by atoms with Gasteiger partial charge in [0.1, 0.15) is 0 Å². The lowest BCUT2D eigenvalue weighted by Crippen LogP contribution is -2.46. The molecule has 5 heteroatoms. The third-order valence-corrected chi connectivity index (χ3v) is 4.05. The van der Waals surface area contributed by atoms with Crippen molar-refractivity contribution in [1.82, 2.24) is 20.4 Å². The Balaban J connectivity index is 1.77. The van der Waals surface area contributed by atoms with Gasteiger partial charge in [-0.05, 0) is 32.0 Å². The summed E-state index contributed by atoms with van der Waals surface area (Å²) in [4.78, 5) is 6.72. The molecule has 2 aromatic rings. The highest BCUT2D eigenvalue weighted by Crippen LogP contribution is 2.24. The molecule has 1 aliphatic rings. The topological polar surface area (TPSA) is 54.2 Å². The van der Waals surface area contributed by atoms with E-state index < -0.39 is 0 Å². The first-order chi connectivity index (χ1) is 10.2. The molecule has 0 spiro atoms. The highest BCUT2D eigenvalue weighted by molar-refractivity contribution is 5.24. The van der Waals surface area contributed by atoms with Crippen LogP contribution in [0.5, 0.6) is 0 Å². The average molecular weight is 286 g/mol. The third-order valence-electron chi connectivity index (χ3n) is 4.05. The van der Waals surface area contributed by atoms with Gasteiger partial charge in [-0.1, -0.05) is 35.5 Å². The minimum atomic E-state index is -0.0451. The van der Waals surface area contributed by atoms with Gasteiger partial charge in [-0.2, -0.15) is 4.98 Å². The van der Waals surface area contributed by atoms with E-state index in [1.54, 1.807) is 0 Å². The molecule has 1 fully saturated rings. The van der Waals surface area contributed by atoms with E-state index in [2.05, 4.69) is 57.6 Å². The number of benzene rings is 1. The number of rotatable bonds is 3. The second-order valence-electron chi connectivity index (χ2n) is 5.92. The summed E-state index contributed by atoms with van der Waals surface area (Å²) < 4.78 is 5.07. The number of hydrogen-bond donors (Lipinski definition) is 1. The monoisotopic (exact) mass is 286 g/mol. The van der Waals surface area contributed by atoms with Crippen molar-refractivity contribution in [3.8, 4) is 0 Å². The Morgan fingerprint density at radius 1 is 1.33 bits per heavy atom. The van der Waals surface area contributed by atoms with Crippen LogP contribution in [-0.4, -0.2) is 34.7 Å². The first kappa shape index (κ1) is 14.2. The molecule has 0 radical (unpaired) electrons. The van der Waals surface area contributed by atoms with Crippen molar-refractivity contribution in [2.45, 2.75) is 32.4 Å². The van der Waals surface area contributed by atoms with E-state index >= 15 is 0 Å². The van der Waals surface area contributed by atoms with Crippen LogP contribution in [0.4, 0.5) is 0 Å². The number of aromatic nitrogens is 2. The lowest BCUT2D eigenvalue weighted by Gasteiger charge is -2.33. The van der Waals surface area contributed by atoms with Crippen molar-refractivity contribution in [2.24, 2.45) is 0 Å². The zero-order valence-corrected chi connectivity index (χ0v) is 12.7. The molecule has 1 saturated heterocycles. The molecule has 0 amide bonds. The summed E-state index contributed by atoms with van der Waals surface area (Å²) in [6.45, 7) is 7.83. The fourth-order valence-electron chi connectivity index (χ4n) is 2.99. The van der Waals surface area contributed by atoms with Crippen LogP contribution in [0.2, 0.25) is 0 Å². The summed E-state index contributed by atoms with van der Waals surface area (Å²) >= 11 is 0. The first-order valence-corrected chi connectivity index (χ1v) is 7.48. The van der Waals surface area contributed by atoms with Crippen molar-refractivity contribution in [3.05, 3.63) is 47.6 Å². The summed E-state index contributed by atoms with van der Waals surface area (Å²) in [6, 6.07) is 10.6. The highest BCUT2D eigenvalue weighted by atomic mass is 16.5. The van der Waals surface area contributed by atoms with Crippen LogP contribution in [0.25, 0.3) is 0 Å². The van der Waals surface area contributed by atoms with Crippen molar-refractivity contribution in [1.29, 1.82) is 0 Å². The molecule has 5 nitrogen and oxygen atoms in total. The number of hydrogen-bond acceptors (Lipinski definition) is 5. The average Bonchev–Trinajstić information content (AvgIpc) is 2.79. The normalized spacial score (nSPS) is 23.9. The van der Waals surface area contributed by atoms with Crippen molar-refractivity contribution in [2.75, 3.05) is 19.6 Å². The van der Waals surface area contributed by atoms with Crippen molar-refractivity contribution < 1.29 is 4.52 Å². The van der Waals surface area contributed by atoms with Crippen LogP contribution in [0.1, 0.15) is 30.6 Å². The summed E-state index contributed by atoms with van der Waals surface area (Å²) in [5, 5.41) is 7.70. The summed E-state index contributed by atoms with van der Waals surface area (Å²) in [5.41, 5.74) is 1.28. The molecule has 1 atom stereocenters. The molecule has 2 heterocycles. The van der Waals surface area contributed by atoms with Gasteiger partial charge in [-0.3, -0.25) is 4.90 Å². The van der Waals surface area contributed by atoms with Gasteiger partial charge in [0.05, 0.1) is 12.1 Å². The summed E-state index contributed by atoms with van der Waals surface area (Å²) in [6.07, 6.45) is 1.12. The number of nitrogens with zero attached hydrogens (tertiary/aromatic N) is 3. The van der Waals surface area contributed by atoms with Crippen LogP contribution in [0, 0.1) is 6.92 Å². The Hall–Kier alpha value is -1.72. The smallest absolute Gasteiger partial charge is 0.223 e. The molecule has 1 aromatic carbocycles. The lowest BCUT2D eigenvalue weighted by molar-refractivity contribution is 0.207. The maximum absolute atomic E-state index is 5.07. The fraction of sp³-hybridized carbons (Fsp3) is 0.500. The standard InChI is InChI=1S/C16H22N4O/c1-13-18-15(19-21-13)11-20-10-6-9-17-16(2,12-20)14-7-4-3-5-8-14/h3-5,7-8,17H,6,9-12H2,1-2H3. The Bertz CT molecular complexity index is 583. The minimum Gasteiger partial charge on any atom is -0.340 e. The van der Waals surface area contributed by atoms with Gasteiger partial charge in [0.25, 0.3) is 0 Å². The van der Waals surface area contributed by atoms with Crippen LogP contribution >= 0.6 is 0 Å². The van der Waals surface area contributed by atoms with Crippen molar-refractivity contribution >= 4 is 0 Å². The quantitative estimate of drug-likeness (QED) is 0.936. The number of aryl methyl sites for hydroxylation is 1. The molecule has 1 unspecified atom stereocenters. The first-order valence-electron chi connectivity index (χ1n) is 7.48. The Labute approximate surface area is 125 Å². The van der Waals surface area contributed by atoms with E-state index in [0.717, 1.165) is 38.4 Å². The summed E-state index contributed by atoms with van der Waals surface area (Å²) in [7, 11) is 0. The summed E-state index contributed by atoms with van der Waals surface area (Å²) in [5.74, 6) is 1.40. The second kappa shape index (κ2) is 5.95. The van der Waals surface area contributed by atoms with E-state index in [4.69, 9.17) is 4.52 Å². The largest absolute Gasteiger partial charge is 0.340 e. The predicted molar refractivity (Wildman–Crippen MR) is 80.7 cm³/mol. The van der Waals surface area contributed by atoms with Crippen LogP contribution in [0.3, 0.4) is 0 Å². The van der Waals surface area contributed by atoms with Gasteiger partial charge < -0.3 is 9.84 Å². The van der Waals surface area contributed by atoms with Crippen LogP contribution in [0.15, 0.2) is 34.9 Å². The van der Waals surface area contributed by atoms with E-state index in [9.17, 15) is 0 Å². The van der Waals surface area contributed by atoms with Gasteiger partial charge >= 0.3 is 0 Å². The maximum atomic E-state index is 5.07. The van der Waals surface area contributed by atoms with Crippen molar-refractivity contribution in [3.63, 3.8) is 0 Å². The van der Waals surface area contributed by atoms with E-state index in [1.165, 1.54) is 5.56 Å². The molecule has 1 aliphatic heterocycles. The maximum Gasteiger partial charge on any atom is 0.223 e. The van der Waals surface area contributed by atoms with Gasteiger partial charge in [0, 0.05) is 13.5 Å². The molecule has 1 aromatic heterocycles. The zero-order valence-electron chi connectivity index (χ0n) is 12.7. The molecule has 0 saturated carbocycles. The molecule has 1 N–H and O–H groups in total. The SMILES string of the molecule is Cc1nc(CN2CCCNC(C)(c3ccccc3)C2)no1.